The minimum Gasteiger partial charge on any atom is -0.462 e. The van der Waals surface area contributed by atoms with E-state index in [1.807, 2.05) is 6.08 Å². The predicted molar refractivity (Wildman–Crippen MR) is 284 cm³/mol. The van der Waals surface area contributed by atoms with Gasteiger partial charge < -0.3 is 14.2 Å². The number of carbonyl (C=O) groups excluding carboxylic acids is 3. The molecule has 0 aromatic rings. The average Bonchev–Trinajstić information content (AvgIpc) is 3.31. The average molecular weight is 917 g/mol. The minimum absolute atomic E-state index is 0.105. The van der Waals surface area contributed by atoms with Crippen LogP contribution in [0.1, 0.15) is 245 Å². The van der Waals surface area contributed by atoms with Crippen molar-refractivity contribution in [3.05, 3.63) is 97.2 Å². The maximum atomic E-state index is 12.8. The van der Waals surface area contributed by atoms with Gasteiger partial charge in [-0.15, -0.1) is 0 Å². The third kappa shape index (κ3) is 51.3. The summed E-state index contributed by atoms with van der Waals surface area (Å²) in [6.45, 7) is 6.42. The second kappa shape index (κ2) is 53.9. The molecule has 0 saturated heterocycles. The predicted octanol–water partition coefficient (Wildman–Crippen LogP) is 18.1. The second-order valence-corrected chi connectivity index (χ2v) is 17.8. The Morgan fingerprint density at radius 2 is 0.621 bits per heavy atom. The highest BCUT2D eigenvalue weighted by molar-refractivity contribution is 5.71. The van der Waals surface area contributed by atoms with E-state index in [0.717, 1.165) is 103 Å². The normalized spacial score (nSPS) is 12.8. The number of carbonyl (C=O) groups is 3. The Morgan fingerprint density at radius 3 is 1.05 bits per heavy atom. The molecule has 0 N–H and O–H groups in total. The van der Waals surface area contributed by atoms with E-state index in [1.165, 1.54) is 96.3 Å². The zero-order valence-corrected chi connectivity index (χ0v) is 42.9. The first kappa shape index (κ1) is 62.3. The number of hydrogen-bond acceptors (Lipinski definition) is 6. The van der Waals surface area contributed by atoms with Crippen LogP contribution in [0.25, 0.3) is 0 Å². The number of ether oxygens (including phenoxy) is 3. The maximum absolute atomic E-state index is 12.8. The van der Waals surface area contributed by atoms with Crippen LogP contribution in [0.5, 0.6) is 0 Å². The zero-order chi connectivity index (χ0) is 47.9. The largest absolute Gasteiger partial charge is 0.462 e. The smallest absolute Gasteiger partial charge is 0.306 e. The van der Waals surface area contributed by atoms with E-state index in [4.69, 9.17) is 14.2 Å². The molecule has 0 aliphatic carbocycles. The van der Waals surface area contributed by atoms with Gasteiger partial charge in [-0.05, 0) is 89.9 Å². The van der Waals surface area contributed by atoms with Crippen molar-refractivity contribution in [2.24, 2.45) is 0 Å². The van der Waals surface area contributed by atoms with Gasteiger partial charge in [-0.25, -0.2) is 0 Å². The van der Waals surface area contributed by atoms with E-state index in [2.05, 4.69) is 112 Å². The molecule has 6 nitrogen and oxygen atoms in total. The fourth-order valence-corrected chi connectivity index (χ4v) is 7.26. The Hall–Kier alpha value is -3.67. The number of allylic oxidation sites excluding steroid dienone is 16. The van der Waals surface area contributed by atoms with Gasteiger partial charge in [0.05, 0.1) is 0 Å². The van der Waals surface area contributed by atoms with Crippen LogP contribution in [0.3, 0.4) is 0 Å². The van der Waals surface area contributed by atoms with Crippen LogP contribution >= 0.6 is 0 Å². The molecule has 0 fully saturated rings. The van der Waals surface area contributed by atoms with Gasteiger partial charge in [0.15, 0.2) is 6.10 Å². The Morgan fingerprint density at radius 1 is 0.318 bits per heavy atom. The first-order valence-electron chi connectivity index (χ1n) is 27.2. The molecular formula is C60H100O6. The molecule has 0 amide bonds. The molecule has 0 radical (unpaired) electrons. The second-order valence-electron chi connectivity index (χ2n) is 17.8. The Balaban J connectivity index is 4.52. The summed E-state index contributed by atoms with van der Waals surface area (Å²) in [5.41, 5.74) is 0. The van der Waals surface area contributed by atoms with Gasteiger partial charge in [0.2, 0.25) is 0 Å². The molecule has 66 heavy (non-hydrogen) atoms. The van der Waals surface area contributed by atoms with Crippen LogP contribution in [0, 0.1) is 0 Å². The molecule has 0 aliphatic rings. The Kier molecular flexibility index (Phi) is 50.9. The Labute approximate surface area is 407 Å². The van der Waals surface area contributed by atoms with Crippen LogP contribution < -0.4 is 0 Å². The van der Waals surface area contributed by atoms with Crippen LogP contribution in [0.4, 0.5) is 0 Å². The van der Waals surface area contributed by atoms with E-state index in [0.29, 0.717) is 19.3 Å². The lowest BCUT2D eigenvalue weighted by atomic mass is 10.0. The fourth-order valence-electron chi connectivity index (χ4n) is 7.26. The Bertz CT molecular complexity index is 1330. The lowest BCUT2D eigenvalue weighted by molar-refractivity contribution is -0.166. The van der Waals surface area contributed by atoms with Crippen LogP contribution in [-0.4, -0.2) is 37.2 Å². The van der Waals surface area contributed by atoms with Crippen molar-refractivity contribution in [2.75, 3.05) is 13.2 Å². The first-order valence-corrected chi connectivity index (χ1v) is 27.2. The lowest BCUT2D eigenvalue weighted by Crippen LogP contribution is -2.30. The van der Waals surface area contributed by atoms with E-state index in [-0.39, 0.29) is 37.5 Å². The van der Waals surface area contributed by atoms with E-state index >= 15 is 0 Å². The highest BCUT2D eigenvalue weighted by Gasteiger charge is 2.19. The summed E-state index contributed by atoms with van der Waals surface area (Å²) in [5, 5.41) is 0. The zero-order valence-electron chi connectivity index (χ0n) is 42.9. The summed E-state index contributed by atoms with van der Waals surface area (Å²) in [5.74, 6) is -1.01. The quantitative estimate of drug-likeness (QED) is 0.0262. The van der Waals surface area contributed by atoms with E-state index < -0.39 is 6.10 Å². The van der Waals surface area contributed by atoms with Crippen molar-refractivity contribution in [2.45, 2.75) is 252 Å². The molecule has 0 rings (SSSR count). The minimum atomic E-state index is -0.814. The lowest BCUT2D eigenvalue weighted by Gasteiger charge is -2.18. The molecule has 0 aliphatic heterocycles. The highest BCUT2D eigenvalue weighted by Crippen LogP contribution is 2.15. The molecule has 0 bridgehead atoms. The number of unbranched alkanes of at least 4 members (excludes halogenated alkanes) is 21. The van der Waals surface area contributed by atoms with Crippen molar-refractivity contribution >= 4 is 17.9 Å². The SMILES string of the molecule is CC/C=C\C/C=C\C/C=C\C/C=C\C/C=C\C/C=C\CCC(=O)OCC(COC(=O)CCCCCCCCCCCCCCCC)OC(=O)CCCCCCC/C=C\C/C=C\CCCCC. The van der Waals surface area contributed by atoms with Crippen LogP contribution in [-0.2, 0) is 28.6 Å². The van der Waals surface area contributed by atoms with Crippen molar-refractivity contribution in [1.29, 1.82) is 0 Å². The molecule has 0 aromatic heterocycles. The van der Waals surface area contributed by atoms with Gasteiger partial charge >= 0.3 is 17.9 Å². The standard InChI is InChI=1S/C60H100O6/c1-4-7-10-13-16-19-22-25-28-29-30-31-33-35-38-41-44-47-50-53-59(62)65-56-57(55-64-58(61)52-49-46-43-40-37-34-27-24-21-18-15-12-9-6-3)66-60(63)54-51-48-45-42-39-36-32-26-23-20-17-14-11-8-5-2/h7,10,16-17,19-20,25-26,28,30-32,35,38,44,47,57H,4-6,8-9,11-15,18,21-24,27,29,33-34,36-37,39-43,45-46,48-56H2,1-3H3/b10-7-,19-16-,20-17-,28-25-,31-30-,32-26-,38-35-,47-44-. The van der Waals surface area contributed by atoms with Crippen LogP contribution in [0.2, 0.25) is 0 Å². The topological polar surface area (TPSA) is 78.9 Å². The molecule has 376 valence electrons. The third-order valence-corrected chi connectivity index (χ3v) is 11.3. The summed E-state index contributed by atoms with van der Waals surface area (Å²) in [6, 6.07) is 0. The maximum Gasteiger partial charge on any atom is 0.306 e. The summed E-state index contributed by atoms with van der Waals surface area (Å²) >= 11 is 0. The van der Waals surface area contributed by atoms with Crippen LogP contribution in [0.15, 0.2) is 97.2 Å². The number of rotatable bonds is 48. The monoisotopic (exact) mass is 917 g/mol. The molecular weight excluding hydrogens is 817 g/mol. The highest BCUT2D eigenvalue weighted by atomic mass is 16.6. The molecule has 1 unspecified atom stereocenters. The van der Waals surface area contributed by atoms with E-state index in [9.17, 15) is 14.4 Å². The van der Waals surface area contributed by atoms with Gasteiger partial charge in [0.1, 0.15) is 13.2 Å². The fraction of sp³-hybridized carbons (Fsp3) is 0.683. The molecule has 0 saturated carbocycles. The van der Waals surface area contributed by atoms with Crippen molar-refractivity contribution in [3.63, 3.8) is 0 Å². The first-order chi connectivity index (χ1) is 32.5. The number of hydrogen-bond donors (Lipinski definition) is 0. The van der Waals surface area contributed by atoms with Gasteiger partial charge in [0.25, 0.3) is 0 Å². The van der Waals surface area contributed by atoms with Crippen molar-refractivity contribution < 1.29 is 28.6 Å². The molecule has 1 atom stereocenters. The summed E-state index contributed by atoms with van der Waals surface area (Å²) in [4.78, 5) is 38.0. The van der Waals surface area contributed by atoms with Gasteiger partial charge in [-0.2, -0.15) is 0 Å². The van der Waals surface area contributed by atoms with Crippen molar-refractivity contribution in [3.8, 4) is 0 Å². The molecule has 6 heteroatoms. The molecule has 0 aromatic carbocycles. The molecule has 0 heterocycles. The van der Waals surface area contributed by atoms with Gasteiger partial charge in [-0.3, -0.25) is 14.4 Å². The van der Waals surface area contributed by atoms with Crippen molar-refractivity contribution in [1.82, 2.24) is 0 Å². The summed E-state index contributed by atoms with van der Waals surface area (Å²) in [7, 11) is 0. The van der Waals surface area contributed by atoms with Gasteiger partial charge in [-0.1, -0.05) is 234 Å². The van der Waals surface area contributed by atoms with E-state index in [1.54, 1.807) is 0 Å². The summed E-state index contributed by atoms with van der Waals surface area (Å²) < 4.78 is 16.7. The number of esters is 3. The molecule has 0 spiro atoms. The summed E-state index contributed by atoms with van der Waals surface area (Å²) in [6.07, 6.45) is 71.1. The van der Waals surface area contributed by atoms with Gasteiger partial charge in [0, 0.05) is 19.3 Å². The third-order valence-electron chi connectivity index (χ3n) is 11.3.